The van der Waals surface area contributed by atoms with Crippen LogP contribution in [0.1, 0.15) is 46.4 Å². The molecule has 0 bridgehead atoms. The monoisotopic (exact) mass is 427 g/mol. The predicted molar refractivity (Wildman–Crippen MR) is 122 cm³/mol. The smallest absolute Gasteiger partial charge is 0.252 e. The number of aromatic nitrogens is 1. The molecule has 2 aliphatic rings. The van der Waals surface area contributed by atoms with E-state index in [-0.39, 0.29) is 11.8 Å². The van der Waals surface area contributed by atoms with Crippen molar-refractivity contribution in [2.75, 3.05) is 18.1 Å². The first-order valence-corrected chi connectivity index (χ1v) is 11.0. The number of anilines is 1. The number of carbonyl (C=O) groups is 2. The van der Waals surface area contributed by atoms with Crippen molar-refractivity contribution in [3.8, 4) is 5.75 Å². The lowest BCUT2D eigenvalue weighted by atomic mass is 9.81. The summed E-state index contributed by atoms with van der Waals surface area (Å²) >= 11 is 0. The highest BCUT2D eigenvalue weighted by atomic mass is 16.5. The number of amides is 2. The molecule has 3 aromatic rings. The van der Waals surface area contributed by atoms with Crippen molar-refractivity contribution in [3.05, 3.63) is 89.2 Å². The number of ether oxygens (including phenoxy) is 1. The lowest BCUT2D eigenvalue weighted by molar-refractivity contribution is -0.117. The van der Waals surface area contributed by atoms with Crippen molar-refractivity contribution in [2.45, 2.75) is 31.7 Å². The molecule has 0 radical (unpaired) electrons. The number of benzene rings is 2. The molecule has 0 saturated carbocycles. The van der Waals surface area contributed by atoms with Gasteiger partial charge in [-0.25, -0.2) is 0 Å². The normalized spacial score (nSPS) is 19.9. The molecule has 0 unspecified atom stereocenters. The third kappa shape index (κ3) is 3.51. The summed E-state index contributed by atoms with van der Waals surface area (Å²) in [6.45, 7) is 3.19. The minimum atomic E-state index is -0.806. The van der Waals surface area contributed by atoms with E-state index in [0.29, 0.717) is 43.0 Å². The molecule has 5 rings (SSSR count). The topological polar surface area (TPSA) is 71.5 Å². The Labute approximate surface area is 187 Å². The molecule has 1 aromatic heterocycles. The minimum Gasteiger partial charge on any atom is -0.491 e. The summed E-state index contributed by atoms with van der Waals surface area (Å²) in [5.74, 6) is 0.565. The summed E-state index contributed by atoms with van der Waals surface area (Å²) in [5.41, 5.74) is 3.28. The number of hydrogen-bond acceptors (Lipinski definition) is 4. The first kappa shape index (κ1) is 20.2. The summed E-state index contributed by atoms with van der Waals surface area (Å²) in [5, 5.41) is 3.28. The van der Waals surface area contributed by atoms with E-state index in [9.17, 15) is 9.59 Å². The highest BCUT2D eigenvalue weighted by Gasteiger charge is 2.42. The van der Waals surface area contributed by atoms with E-state index in [1.54, 1.807) is 23.2 Å². The largest absolute Gasteiger partial charge is 0.491 e. The van der Waals surface area contributed by atoms with Gasteiger partial charge in [-0.15, -0.1) is 0 Å². The maximum Gasteiger partial charge on any atom is 0.252 e. The summed E-state index contributed by atoms with van der Waals surface area (Å²) in [6.07, 6.45) is 3.68. The second kappa shape index (κ2) is 8.11. The number of pyridine rings is 1. The number of fused-ring (bicyclic) bond motifs is 1. The summed E-state index contributed by atoms with van der Waals surface area (Å²) in [6, 6.07) is 19.2. The first-order valence-electron chi connectivity index (χ1n) is 11.0. The van der Waals surface area contributed by atoms with Crippen LogP contribution in [0.3, 0.4) is 0 Å². The summed E-state index contributed by atoms with van der Waals surface area (Å²) < 4.78 is 5.85. The Balaban J connectivity index is 1.54. The molecule has 0 spiro atoms. The minimum absolute atomic E-state index is 0.0984. The van der Waals surface area contributed by atoms with Crippen LogP contribution in [-0.2, 0) is 10.3 Å². The van der Waals surface area contributed by atoms with E-state index in [4.69, 9.17) is 4.74 Å². The standard InChI is InChI=1S/C26H25N3O3/c1-18-9-11-20(12-10-18)26(13-16-32-22-7-3-14-27-24(22)26)28-25(31)19-5-2-6-21(17-19)29-15-4-8-23(29)30/h2-3,5-7,9-12,14,17H,4,8,13,15-16H2,1H3,(H,28,31)/t26-/m0/s1. The third-order valence-corrected chi connectivity index (χ3v) is 6.27. The van der Waals surface area contributed by atoms with E-state index in [0.717, 1.165) is 23.2 Å². The SMILES string of the molecule is Cc1ccc([C@@]2(NC(=O)c3cccc(N4CCCC4=O)c3)CCOc3cccnc32)cc1. The van der Waals surface area contributed by atoms with Crippen LogP contribution in [0.15, 0.2) is 66.9 Å². The van der Waals surface area contributed by atoms with Crippen LogP contribution in [0.2, 0.25) is 0 Å². The Kier molecular flexibility index (Phi) is 5.13. The molecule has 2 amide bonds. The highest BCUT2D eigenvalue weighted by molar-refractivity contribution is 5.99. The predicted octanol–water partition coefficient (Wildman–Crippen LogP) is 3.97. The molecule has 1 atom stereocenters. The van der Waals surface area contributed by atoms with Gasteiger partial charge in [0.1, 0.15) is 17.0 Å². The molecule has 2 aromatic carbocycles. The van der Waals surface area contributed by atoms with Crippen LogP contribution in [0.4, 0.5) is 5.69 Å². The third-order valence-electron chi connectivity index (χ3n) is 6.27. The van der Waals surface area contributed by atoms with Gasteiger partial charge in [0.2, 0.25) is 5.91 Å². The van der Waals surface area contributed by atoms with E-state index in [2.05, 4.69) is 10.3 Å². The average Bonchev–Trinajstić information content (AvgIpc) is 3.25. The van der Waals surface area contributed by atoms with Gasteiger partial charge in [-0.05, 0) is 49.2 Å². The molecular weight excluding hydrogens is 402 g/mol. The summed E-state index contributed by atoms with van der Waals surface area (Å²) in [7, 11) is 0. The van der Waals surface area contributed by atoms with Gasteiger partial charge in [-0.3, -0.25) is 14.6 Å². The molecule has 3 heterocycles. The number of aryl methyl sites for hydroxylation is 1. The molecule has 1 fully saturated rings. The van der Waals surface area contributed by atoms with Crippen LogP contribution in [0, 0.1) is 6.92 Å². The Morgan fingerprint density at radius 2 is 1.97 bits per heavy atom. The molecule has 32 heavy (non-hydrogen) atoms. The first-order chi connectivity index (χ1) is 15.6. The summed E-state index contributed by atoms with van der Waals surface area (Å²) in [4.78, 5) is 32.1. The second-order valence-electron chi connectivity index (χ2n) is 8.37. The van der Waals surface area contributed by atoms with E-state index < -0.39 is 5.54 Å². The molecule has 1 saturated heterocycles. The fourth-order valence-electron chi connectivity index (χ4n) is 4.58. The zero-order valence-corrected chi connectivity index (χ0v) is 18.0. The average molecular weight is 428 g/mol. The quantitative estimate of drug-likeness (QED) is 0.684. The van der Waals surface area contributed by atoms with Crippen molar-refractivity contribution in [1.82, 2.24) is 10.3 Å². The molecule has 2 aliphatic heterocycles. The number of nitrogens with one attached hydrogen (secondary N) is 1. The van der Waals surface area contributed by atoms with Gasteiger partial charge in [-0.2, -0.15) is 0 Å². The number of hydrogen-bond donors (Lipinski definition) is 1. The van der Waals surface area contributed by atoms with Gasteiger partial charge < -0.3 is 15.0 Å². The number of rotatable bonds is 4. The van der Waals surface area contributed by atoms with Crippen LogP contribution in [0.25, 0.3) is 0 Å². The number of nitrogens with zero attached hydrogens (tertiary/aromatic N) is 2. The lowest BCUT2D eigenvalue weighted by Gasteiger charge is -2.39. The van der Waals surface area contributed by atoms with Gasteiger partial charge in [0.25, 0.3) is 5.91 Å². The van der Waals surface area contributed by atoms with Crippen molar-refractivity contribution in [2.24, 2.45) is 0 Å². The highest BCUT2D eigenvalue weighted by Crippen LogP contribution is 2.40. The van der Waals surface area contributed by atoms with Crippen molar-refractivity contribution in [1.29, 1.82) is 0 Å². The second-order valence-corrected chi connectivity index (χ2v) is 8.37. The van der Waals surface area contributed by atoms with Crippen LogP contribution < -0.4 is 15.0 Å². The van der Waals surface area contributed by atoms with Crippen molar-refractivity contribution < 1.29 is 14.3 Å². The molecule has 0 aliphatic carbocycles. The van der Waals surface area contributed by atoms with E-state index >= 15 is 0 Å². The Bertz CT molecular complexity index is 1170. The van der Waals surface area contributed by atoms with Gasteiger partial charge in [0.15, 0.2) is 0 Å². The van der Waals surface area contributed by atoms with Crippen molar-refractivity contribution in [3.63, 3.8) is 0 Å². The van der Waals surface area contributed by atoms with Gasteiger partial charge in [-0.1, -0.05) is 35.9 Å². The molecule has 6 nitrogen and oxygen atoms in total. The molecule has 6 heteroatoms. The van der Waals surface area contributed by atoms with Crippen molar-refractivity contribution >= 4 is 17.5 Å². The maximum absolute atomic E-state index is 13.5. The maximum atomic E-state index is 13.5. The van der Waals surface area contributed by atoms with Gasteiger partial charge >= 0.3 is 0 Å². The molecule has 162 valence electrons. The van der Waals surface area contributed by atoms with E-state index in [1.807, 2.05) is 55.5 Å². The zero-order chi connectivity index (χ0) is 22.1. The lowest BCUT2D eigenvalue weighted by Crippen LogP contribution is -2.50. The van der Waals surface area contributed by atoms with Crippen LogP contribution in [-0.4, -0.2) is 29.9 Å². The van der Waals surface area contributed by atoms with Gasteiger partial charge in [0, 0.05) is 36.8 Å². The zero-order valence-electron chi connectivity index (χ0n) is 18.0. The Morgan fingerprint density at radius 1 is 1.12 bits per heavy atom. The van der Waals surface area contributed by atoms with Crippen LogP contribution in [0.5, 0.6) is 5.75 Å². The van der Waals surface area contributed by atoms with E-state index in [1.165, 1.54) is 0 Å². The fourth-order valence-corrected chi connectivity index (χ4v) is 4.58. The molecular formula is C26H25N3O3. The number of carbonyl (C=O) groups excluding carboxylic acids is 2. The van der Waals surface area contributed by atoms with Gasteiger partial charge in [0.05, 0.1) is 6.61 Å². The Hall–Kier alpha value is -3.67. The fraction of sp³-hybridized carbons (Fsp3) is 0.269. The Morgan fingerprint density at radius 3 is 2.75 bits per heavy atom. The van der Waals surface area contributed by atoms with Crippen LogP contribution >= 0.6 is 0 Å². The molecule has 1 N–H and O–H groups in total.